The van der Waals surface area contributed by atoms with Gasteiger partial charge in [0, 0.05) is 30.4 Å². The molecule has 1 atom stereocenters. The van der Waals surface area contributed by atoms with Crippen LogP contribution in [0.4, 0.5) is 0 Å². The van der Waals surface area contributed by atoms with Gasteiger partial charge in [-0.25, -0.2) is 4.79 Å². The van der Waals surface area contributed by atoms with Crippen LogP contribution in [0.3, 0.4) is 0 Å². The van der Waals surface area contributed by atoms with Gasteiger partial charge in [-0.1, -0.05) is 0 Å². The highest BCUT2D eigenvalue weighted by Crippen LogP contribution is 2.37. The van der Waals surface area contributed by atoms with Crippen LogP contribution in [0.1, 0.15) is 53.4 Å². The molecule has 0 aromatic carbocycles. The van der Waals surface area contributed by atoms with Crippen LogP contribution in [0.25, 0.3) is 5.00 Å². The van der Waals surface area contributed by atoms with Crippen molar-refractivity contribution in [2.24, 2.45) is 0 Å². The van der Waals surface area contributed by atoms with Crippen LogP contribution in [0, 0.1) is 0 Å². The molecule has 0 bridgehead atoms. The van der Waals surface area contributed by atoms with Gasteiger partial charge >= 0.3 is 5.97 Å². The van der Waals surface area contributed by atoms with Crippen molar-refractivity contribution in [2.45, 2.75) is 51.6 Å². The zero-order valence-electron chi connectivity index (χ0n) is 15.1. The molecule has 1 fully saturated rings. The van der Waals surface area contributed by atoms with Crippen molar-refractivity contribution in [3.63, 3.8) is 0 Å². The number of aryl methyl sites for hydroxylation is 1. The highest BCUT2D eigenvalue weighted by atomic mass is 32.1. The molecule has 3 heterocycles. The van der Waals surface area contributed by atoms with E-state index in [2.05, 4.69) is 0 Å². The number of fused-ring (bicyclic) bond motifs is 1. The van der Waals surface area contributed by atoms with Gasteiger partial charge < -0.3 is 14.2 Å². The molecule has 2 aromatic rings. The average molecular weight is 372 g/mol. The molecule has 2 aromatic heterocycles. The van der Waals surface area contributed by atoms with E-state index in [1.807, 2.05) is 29.1 Å². The largest absolute Gasteiger partial charge is 0.449 e. The molecule has 1 aliphatic heterocycles. The smallest absolute Gasteiger partial charge is 0.342 e. The lowest BCUT2D eigenvalue weighted by molar-refractivity contribution is -0.138. The van der Waals surface area contributed by atoms with Crippen molar-refractivity contribution in [1.82, 2.24) is 9.47 Å². The van der Waals surface area contributed by atoms with Crippen molar-refractivity contribution < 1.29 is 14.3 Å². The number of thiophene rings is 1. The second kappa shape index (κ2) is 7.27. The first-order valence-electron chi connectivity index (χ1n) is 9.43. The molecule has 0 spiro atoms. The number of likely N-dealkylation sites (tertiary alicyclic amines) is 1. The summed E-state index contributed by atoms with van der Waals surface area (Å²) in [5, 5.41) is 0.910. The predicted molar refractivity (Wildman–Crippen MR) is 101 cm³/mol. The summed E-state index contributed by atoms with van der Waals surface area (Å²) in [5.41, 5.74) is 1.78. The summed E-state index contributed by atoms with van der Waals surface area (Å²) in [7, 11) is 0. The molecule has 6 heteroatoms. The Balaban J connectivity index is 1.60. The Bertz CT molecular complexity index is 803. The Kier molecular flexibility index (Phi) is 4.85. The molecule has 0 radical (unpaired) electrons. The second-order valence-electron chi connectivity index (χ2n) is 7.06. The Morgan fingerprint density at radius 1 is 1.08 bits per heavy atom. The summed E-state index contributed by atoms with van der Waals surface area (Å²) < 4.78 is 7.62. The van der Waals surface area contributed by atoms with E-state index in [1.54, 1.807) is 23.2 Å². The van der Waals surface area contributed by atoms with Crippen LogP contribution < -0.4 is 0 Å². The Labute approximate surface area is 157 Å². The number of hydrogen-bond acceptors (Lipinski definition) is 4. The van der Waals surface area contributed by atoms with Gasteiger partial charge in [-0.2, -0.15) is 0 Å². The third kappa shape index (κ3) is 3.18. The molecule has 2 aliphatic rings. The van der Waals surface area contributed by atoms with Gasteiger partial charge in [0.1, 0.15) is 5.00 Å². The van der Waals surface area contributed by atoms with E-state index in [-0.39, 0.29) is 11.9 Å². The standard InChI is InChI=1S/C20H24N2O3S/c1-14(18(23)21-10-4-5-11-21)25-20(24)17-15-8-2-3-9-16(15)26-19(17)22-12-6-7-13-22/h6-7,12-14H,2-5,8-11H2,1H3/t14-/m1/s1. The maximum atomic E-state index is 13.0. The van der Waals surface area contributed by atoms with Crippen molar-refractivity contribution in [3.8, 4) is 5.00 Å². The molecule has 1 aliphatic carbocycles. The zero-order chi connectivity index (χ0) is 18.1. The summed E-state index contributed by atoms with van der Waals surface area (Å²) >= 11 is 1.68. The minimum absolute atomic E-state index is 0.0811. The quantitative estimate of drug-likeness (QED) is 0.771. The van der Waals surface area contributed by atoms with E-state index in [1.165, 1.54) is 4.88 Å². The number of nitrogens with zero attached hydrogens (tertiary/aromatic N) is 2. The lowest BCUT2D eigenvalue weighted by Gasteiger charge is -2.21. The summed E-state index contributed by atoms with van der Waals surface area (Å²) in [6.45, 7) is 3.22. The molecule has 138 valence electrons. The maximum Gasteiger partial charge on any atom is 0.342 e. The van der Waals surface area contributed by atoms with Gasteiger partial charge in [0.15, 0.2) is 6.10 Å². The summed E-state index contributed by atoms with van der Waals surface area (Å²) in [6, 6.07) is 3.90. The molecule has 1 saturated heterocycles. The van der Waals surface area contributed by atoms with Gasteiger partial charge in [-0.05, 0) is 63.1 Å². The number of amides is 1. The fourth-order valence-corrected chi connectivity index (χ4v) is 5.22. The van der Waals surface area contributed by atoms with Gasteiger partial charge in [0.05, 0.1) is 5.56 Å². The number of rotatable bonds is 4. The van der Waals surface area contributed by atoms with Gasteiger partial charge in [0.25, 0.3) is 5.91 Å². The first kappa shape index (κ1) is 17.3. The second-order valence-corrected chi connectivity index (χ2v) is 8.14. The van der Waals surface area contributed by atoms with E-state index in [0.29, 0.717) is 5.56 Å². The third-order valence-corrected chi connectivity index (χ3v) is 6.55. The van der Waals surface area contributed by atoms with Crippen LogP contribution >= 0.6 is 11.3 Å². The third-order valence-electron chi connectivity index (χ3n) is 5.25. The molecule has 0 unspecified atom stereocenters. The normalized spacial score (nSPS) is 17.8. The van der Waals surface area contributed by atoms with Crippen LogP contribution in [-0.4, -0.2) is 40.5 Å². The van der Waals surface area contributed by atoms with Crippen LogP contribution in [-0.2, 0) is 22.4 Å². The average Bonchev–Trinajstić information content (AvgIpc) is 3.40. The fraction of sp³-hybridized carbons (Fsp3) is 0.500. The van der Waals surface area contributed by atoms with Crippen molar-refractivity contribution in [1.29, 1.82) is 0 Å². The van der Waals surface area contributed by atoms with Gasteiger partial charge in [-0.15, -0.1) is 11.3 Å². The Hall–Kier alpha value is -2.08. The Morgan fingerprint density at radius 2 is 1.77 bits per heavy atom. The lowest BCUT2D eigenvalue weighted by Crippen LogP contribution is -2.38. The number of ether oxygens (including phenoxy) is 1. The molecule has 26 heavy (non-hydrogen) atoms. The molecular formula is C20H24N2O3S. The zero-order valence-corrected chi connectivity index (χ0v) is 15.9. The summed E-state index contributed by atoms with van der Waals surface area (Å²) in [5.74, 6) is -0.449. The maximum absolute atomic E-state index is 13.0. The molecular weight excluding hydrogens is 348 g/mol. The van der Waals surface area contributed by atoms with E-state index < -0.39 is 6.10 Å². The van der Waals surface area contributed by atoms with Crippen LogP contribution in [0.15, 0.2) is 24.5 Å². The number of hydrogen-bond donors (Lipinski definition) is 0. The number of carbonyl (C=O) groups excluding carboxylic acids is 2. The fourth-order valence-electron chi connectivity index (χ4n) is 3.88. The van der Waals surface area contributed by atoms with Crippen LogP contribution in [0.2, 0.25) is 0 Å². The van der Waals surface area contributed by atoms with E-state index in [0.717, 1.165) is 62.2 Å². The van der Waals surface area contributed by atoms with E-state index in [4.69, 9.17) is 4.74 Å². The monoisotopic (exact) mass is 372 g/mol. The van der Waals surface area contributed by atoms with Gasteiger partial charge in [0.2, 0.25) is 0 Å². The Morgan fingerprint density at radius 3 is 2.50 bits per heavy atom. The highest BCUT2D eigenvalue weighted by molar-refractivity contribution is 7.15. The number of esters is 1. The number of aromatic nitrogens is 1. The van der Waals surface area contributed by atoms with Crippen LogP contribution in [0.5, 0.6) is 0 Å². The van der Waals surface area contributed by atoms with Crippen molar-refractivity contribution in [3.05, 3.63) is 40.5 Å². The van der Waals surface area contributed by atoms with Gasteiger partial charge in [-0.3, -0.25) is 4.79 Å². The van der Waals surface area contributed by atoms with E-state index >= 15 is 0 Å². The summed E-state index contributed by atoms with van der Waals surface area (Å²) in [6.07, 6.45) is 9.41. The van der Waals surface area contributed by atoms with E-state index in [9.17, 15) is 9.59 Å². The molecule has 0 saturated carbocycles. The summed E-state index contributed by atoms with van der Waals surface area (Å²) in [4.78, 5) is 28.6. The van der Waals surface area contributed by atoms with Crippen molar-refractivity contribution >= 4 is 23.2 Å². The molecule has 4 rings (SSSR count). The minimum Gasteiger partial charge on any atom is -0.449 e. The highest BCUT2D eigenvalue weighted by Gasteiger charge is 2.31. The predicted octanol–water partition coefficient (Wildman–Crippen LogP) is 3.59. The minimum atomic E-state index is -0.739. The van der Waals surface area contributed by atoms with Crippen molar-refractivity contribution in [2.75, 3.05) is 13.1 Å². The number of carbonyl (C=O) groups is 2. The first-order chi connectivity index (χ1) is 12.6. The lowest BCUT2D eigenvalue weighted by atomic mass is 9.95. The molecule has 0 N–H and O–H groups in total. The molecule has 5 nitrogen and oxygen atoms in total. The topological polar surface area (TPSA) is 51.5 Å². The first-order valence-corrected chi connectivity index (χ1v) is 10.2. The SMILES string of the molecule is C[C@@H](OC(=O)c1c(-n2cccc2)sc2c1CCCC2)C(=O)N1CCCC1. The molecule has 1 amide bonds.